The van der Waals surface area contributed by atoms with Gasteiger partial charge in [-0.05, 0) is 30.3 Å². The molecule has 0 atom stereocenters. The molecule has 4 nitrogen and oxygen atoms in total. The van der Waals surface area contributed by atoms with Gasteiger partial charge in [-0.3, -0.25) is 0 Å². The summed E-state index contributed by atoms with van der Waals surface area (Å²) in [5.74, 6) is -0.787. The third kappa shape index (κ3) is 5.41. The third-order valence-corrected chi connectivity index (χ3v) is 4.04. The van der Waals surface area contributed by atoms with E-state index in [2.05, 4.69) is 20.7 Å². The first-order chi connectivity index (χ1) is 11.9. The molecule has 8 heteroatoms. The van der Waals surface area contributed by atoms with Crippen LogP contribution < -0.4 is 4.74 Å². The fraction of sp³-hybridized carbons (Fsp3) is 0.176. The Balaban J connectivity index is 2.19. The Kier molecular flexibility index (Phi) is 6.73. The van der Waals surface area contributed by atoms with Gasteiger partial charge in [0.2, 0.25) is 0 Å². The normalized spacial score (nSPS) is 10.4. The van der Waals surface area contributed by atoms with E-state index in [-0.39, 0.29) is 13.0 Å². The molecule has 2 aromatic rings. The number of alkyl halides is 2. The fourth-order valence-electron chi connectivity index (χ4n) is 2.01. The first-order valence-electron chi connectivity index (χ1n) is 7.01. The maximum atomic E-state index is 12.2. The van der Waals surface area contributed by atoms with E-state index in [1.54, 1.807) is 24.3 Å². The van der Waals surface area contributed by atoms with Crippen molar-refractivity contribution in [2.45, 2.75) is 12.8 Å². The van der Waals surface area contributed by atoms with Crippen molar-refractivity contribution in [3.63, 3.8) is 0 Å². The van der Waals surface area contributed by atoms with Crippen LogP contribution in [0, 0.1) is 11.3 Å². The molecule has 0 saturated heterocycles. The summed E-state index contributed by atoms with van der Waals surface area (Å²) in [7, 11) is 0. The van der Waals surface area contributed by atoms with E-state index in [0.29, 0.717) is 32.1 Å². The standard InChI is InChI=1S/C17H11BrClF2NO3/c18-14-2-1-3-15(13(14)4-5-24-17(23)16(20)21)25-12-7-10(9-22)6-11(19)8-12/h1-3,6-8,16H,4-5H2. The number of halogens is 4. The Labute approximate surface area is 156 Å². The van der Waals surface area contributed by atoms with Gasteiger partial charge >= 0.3 is 12.4 Å². The fourth-order valence-corrected chi connectivity index (χ4v) is 2.78. The molecule has 2 rings (SSSR count). The highest BCUT2D eigenvalue weighted by Crippen LogP contribution is 2.32. The van der Waals surface area contributed by atoms with Gasteiger partial charge in [-0.15, -0.1) is 0 Å². The lowest BCUT2D eigenvalue weighted by molar-refractivity contribution is -0.156. The monoisotopic (exact) mass is 429 g/mol. The summed E-state index contributed by atoms with van der Waals surface area (Å²) in [4.78, 5) is 10.8. The van der Waals surface area contributed by atoms with Crippen molar-refractivity contribution in [3.8, 4) is 17.6 Å². The maximum Gasteiger partial charge on any atom is 0.373 e. The average molecular weight is 431 g/mol. The predicted molar refractivity (Wildman–Crippen MR) is 91.1 cm³/mol. The van der Waals surface area contributed by atoms with Crippen molar-refractivity contribution < 1.29 is 23.0 Å². The highest BCUT2D eigenvalue weighted by molar-refractivity contribution is 9.10. The molecule has 0 radical (unpaired) electrons. The Bertz CT molecular complexity index is 824. The van der Waals surface area contributed by atoms with Gasteiger partial charge in [-0.25, -0.2) is 4.79 Å². The molecule has 2 aromatic carbocycles. The molecule has 0 unspecified atom stereocenters. The van der Waals surface area contributed by atoms with Crippen LogP contribution in [0.4, 0.5) is 8.78 Å². The number of carbonyl (C=O) groups is 1. The number of ether oxygens (including phenoxy) is 2. The minimum atomic E-state index is -3.16. The van der Waals surface area contributed by atoms with Crippen molar-refractivity contribution >= 4 is 33.5 Å². The zero-order chi connectivity index (χ0) is 18.4. The zero-order valence-corrected chi connectivity index (χ0v) is 15.0. The number of nitrogens with zero attached hydrogens (tertiary/aromatic N) is 1. The summed E-state index contributed by atoms with van der Waals surface area (Å²) >= 11 is 9.30. The minimum absolute atomic E-state index is 0.168. The summed E-state index contributed by atoms with van der Waals surface area (Å²) in [6.07, 6.45) is -2.99. The molecule has 25 heavy (non-hydrogen) atoms. The molecule has 0 N–H and O–H groups in total. The van der Waals surface area contributed by atoms with Crippen LogP contribution in [-0.4, -0.2) is 19.0 Å². The zero-order valence-electron chi connectivity index (χ0n) is 12.6. The summed E-state index contributed by atoms with van der Waals surface area (Å²) in [6, 6.07) is 11.7. The molecule has 0 saturated carbocycles. The maximum absolute atomic E-state index is 12.2. The van der Waals surface area contributed by atoms with E-state index >= 15 is 0 Å². The molecular weight excluding hydrogens is 420 g/mol. The smallest absolute Gasteiger partial charge is 0.373 e. The highest BCUT2D eigenvalue weighted by Gasteiger charge is 2.17. The van der Waals surface area contributed by atoms with Gasteiger partial charge in [0.1, 0.15) is 11.5 Å². The quantitative estimate of drug-likeness (QED) is 0.597. The van der Waals surface area contributed by atoms with Gasteiger partial charge in [-0.1, -0.05) is 33.6 Å². The van der Waals surface area contributed by atoms with Crippen LogP contribution in [0.5, 0.6) is 11.5 Å². The first kappa shape index (κ1) is 19.2. The molecule has 0 heterocycles. The lowest BCUT2D eigenvalue weighted by Gasteiger charge is -2.13. The first-order valence-corrected chi connectivity index (χ1v) is 8.18. The second-order valence-corrected chi connectivity index (χ2v) is 6.11. The second-order valence-electron chi connectivity index (χ2n) is 4.82. The van der Waals surface area contributed by atoms with Gasteiger partial charge in [0.05, 0.1) is 18.2 Å². The number of rotatable bonds is 6. The Morgan fingerprint density at radius 1 is 1.32 bits per heavy atom. The van der Waals surface area contributed by atoms with Crippen LogP contribution in [-0.2, 0) is 16.0 Å². The molecule has 0 amide bonds. The topological polar surface area (TPSA) is 59.3 Å². The summed E-state index contributed by atoms with van der Waals surface area (Å²) in [5.41, 5.74) is 0.966. The van der Waals surface area contributed by atoms with Crippen LogP contribution in [0.3, 0.4) is 0 Å². The Hall–Kier alpha value is -2.17. The molecule has 0 fully saturated rings. The van der Waals surface area contributed by atoms with E-state index in [1.165, 1.54) is 12.1 Å². The number of nitriles is 1. The molecule has 0 aromatic heterocycles. The Morgan fingerprint density at radius 3 is 2.76 bits per heavy atom. The number of hydrogen-bond acceptors (Lipinski definition) is 4. The van der Waals surface area contributed by atoms with Crippen molar-refractivity contribution in [3.05, 3.63) is 57.0 Å². The van der Waals surface area contributed by atoms with Gasteiger partial charge < -0.3 is 9.47 Å². The molecule has 0 bridgehead atoms. The number of carbonyl (C=O) groups excluding carboxylic acids is 1. The molecule has 0 aliphatic rings. The summed E-state index contributed by atoms with van der Waals surface area (Å²) < 4.78 is 35.2. The van der Waals surface area contributed by atoms with Gasteiger partial charge in [0.25, 0.3) is 0 Å². The number of hydrogen-bond donors (Lipinski definition) is 0. The third-order valence-electron chi connectivity index (χ3n) is 3.08. The SMILES string of the molecule is N#Cc1cc(Cl)cc(Oc2cccc(Br)c2CCOC(=O)C(F)F)c1. The van der Waals surface area contributed by atoms with Gasteiger partial charge in [-0.2, -0.15) is 14.0 Å². The number of benzene rings is 2. The Morgan fingerprint density at radius 2 is 2.08 bits per heavy atom. The lowest BCUT2D eigenvalue weighted by Crippen LogP contribution is -2.16. The van der Waals surface area contributed by atoms with Crippen molar-refractivity contribution in [1.29, 1.82) is 5.26 Å². The summed E-state index contributed by atoms with van der Waals surface area (Å²) in [5, 5.41) is 9.33. The molecular formula is C17H11BrClF2NO3. The van der Waals surface area contributed by atoms with Crippen molar-refractivity contribution in [2.24, 2.45) is 0 Å². The van der Waals surface area contributed by atoms with E-state index in [9.17, 15) is 13.6 Å². The van der Waals surface area contributed by atoms with Crippen LogP contribution in [0.1, 0.15) is 11.1 Å². The van der Waals surface area contributed by atoms with Crippen LogP contribution in [0.2, 0.25) is 5.02 Å². The molecule has 0 spiro atoms. The molecule has 0 aliphatic carbocycles. The van der Waals surface area contributed by atoms with Gasteiger partial charge in [0.15, 0.2) is 0 Å². The summed E-state index contributed by atoms with van der Waals surface area (Å²) in [6.45, 7) is -0.221. The second kappa shape index (κ2) is 8.79. The van der Waals surface area contributed by atoms with Crippen LogP contribution in [0.25, 0.3) is 0 Å². The van der Waals surface area contributed by atoms with Crippen molar-refractivity contribution in [1.82, 2.24) is 0 Å². The van der Waals surface area contributed by atoms with Crippen LogP contribution >= 0.6 is 27.5 Å². The predicted octanol–water partition coefficient (Wildman–Crippen LogP) is 5.12. The van der Waals surface area contributed by atoms with Crippen molar-refractivity contribution in [2.75, 3.05) is 6.61 Å². The van der Waals surface area contributed by atoms with Crippen LogP contribution in [0.15, 0.2) is 40.9 Å². The van der Waals surface area contributed by atoms with E-state index in [1.807, 2.05) is 6.07 Å². The van der Waals surface area contributed by atoms with E-state index < -0.39 is 12.4 Å². The van der Waals surface area contributed by atoms with E-state index in [0.717, 1.165) is 0 Å². The van der Waals surface area contributed by atoms with Gasteiger partial charge in [0, 0.05) is 21.5 Å². The largest absolute Gasteiger partial charge is 0.461 e. The highest BCUT2D eigenvalue weighted by atomic mass is 79.9. The average Bonchev–Trinajstić information content (AvgIpc) is 2.56. The molecule has 130 valence electrons. The molecule has 0 aliphatic heterocycles. The lowest BCUT2D eigenvalue weighted by atomic mass is 10.1. The number of esters is 1. The van der Waals surface area contributed by atoms with E-state index in [4.69, 9.17) is 21.6 Å². The minimum Gasteiger partial charge on any atom is -0.461 e.